The maximum atomic E-state index is 12.4. The number of nitrogens with zero attached hydrogens (tertiary/aromatic N) is 1. The fourth-order valence-electron chi connectivity index (χ4n) is 2.51. The van der Waals surface area contributed by atoms with Crippen LogP contribution in [0.4, 0.5) is 5.13 Å². The van der Waals surface area contributed by atoms with E-state index in [4.69, 9.17) is 0 Å². The van der Waals surface area contributed by atoms with Crippen LogP contribution in [-0.2, 0) is 11.8 Å². The lowest BCUT2D eigenvalue weighted by atomic mass is 9.87. The minimum Gasteiger partial charge on any atom is -0.298 e. The van der Waals surface area contributed by atoms with E-state index in [1.54, 1.807) is 0 Å². The number of aryl methyl sites for hydroxylation is 1. The summed E-state index contributed by atoms with van der Waals surface area (Å²) in [6.07, 6.45) is 0.968. The zero-order valence-corrected chi connectivity index (χ0v) is 15.3. The molecule has 0 spiro atoms. The molecule has 0 bridgehead atoms. The number of rotatable bonds is 3. The molecule has 0 saturated heterocycles. The van der Waals surface area contributed by atoms with Gasteiger partial charge in [-0.25, -0.2) is 4.98 Å². The molecule has 3 nitrogen and oxygen atoms in total. The van der Waals surface area contributed by atoms with E-state index in [2.05, 4.69) is 50.1 Å². The van der Waals surface area contributed by atoms with E-state index in [1.165, 1.54) is 22.5 Å². The van der Waals surface area contributed by atoms with E-state index in [0.717, 1.165) is 16.6 Å². The van der Waals surface area contributed by atoms with E-state index in [-0.39, 0.29) is 11.3 Å². The fourth-order valence-corrected chi connectivity index (χ4v) is 3.41. The van der Waals surface area contributed by atoms with E-state index in [9.17, 15) is 4.79 Å². The Morgan fingerprint density at radius 3 is 2.46 bits per heavy atom. The second kappa shape index (κ2) is 6.36. The molecular formula is C20H22N2OS. The average molecular weight is 338 g/mol. The Morgan fingerprint density at radius 1 is 1.12 bits per heavy atom. The number of carbonyl (C=O) groups is 1. The summed E-state index contributed by atoms with van der Waals surface area (Å²) in [4.78, 5) is 16.9. The van der Waals surface area contributed by atoms with Crippen LogP contribution in [0.3, 0.4) is 0 Å². The fraction of sp³-hybridized carbons (Fsp3) is 0.300. The lowest BCUT2D eigenvalue weighted by Gasteiger charge is -2.18. The number of hydrogen-bond donors (Lipinski definition) is 1. The van der Waals surface area contributed by atoms with Crippen molar-refractivity contribution in [1.82, 2.24) is 4.98 Å². The molecule has 4 heteroatoms. The van der Waals surface area contributed by atoms with E-state index >= 15 is 0 Å². The van der Waals surface area contributed by atoms with Gasteiger partial charge in [0.2, 0.25) is 0 Å². The summed E-state index contributed by atoms with van der Waals surface area (Å²) in [5.41, 5.74) is 4.17. The lowest BCUT2D eigenvalue weighted by Crippen LogP contribution is -2.11. The zero-order valence-electron chi connectivity index (χ0n) is 14.5. The van der Waals surface area contributed by atoms with Crippen molar-refractivity contribution in [2.45, 2.75) is 39.5 Å². The molecule has 1 N–H and O–H groups in total. The summed E-state index contributed by atoms with van der Waals surface area (Å²) >= 11 is 1.52. The molecule has 0 unspecified atom stereocenters. The number of thiazole rings is 1. The third-order valence-corrected chi connectivity index (χ3v) is 5.03. The quantitative estimate of drug-likeness (QED) is 0.694. The number of amides is 1. The van der Waals surface area contributed by atoms with Crippen molar-refractivity contribution in [2.24, 2.45) is 0 Å². The van der Waals surface area contributed by atoms with Gasteiger partial charge in [-0.15, -0.1) is 0 Å². The molecule has 0 atom stereocenters. The second-order valence-electron chi connectivity index (χ2n) is 6.96. The highest BCUT2D eigenvalue weighted by atomic mass is 32.1. The minimum absolute atomic E-state index is 0.0998. The first-order chi connectivity index (χ1) is 11.4. The molecule has 0 aliphatic rings. The van der Waals surface area contributed by atoms with Crippen molar-refractivity contribution in [3.05, 3.63) is 59.2 Å². The first-order valence-corrected chi connectivity index (χ1v) is 9.00. The molecule has 0 radical (unpaired) electrons. The van der Waals surface area contributed by atoms with Gasteiger partial charge in [-0.05, 0) is 47.2 Å². The standard InChI is InChI=1S/C20H22N2OS/c1-5-13-6-8-14(9-7-13)18(23)22-19-21-16-11-10-15(20(2,3)4)12-17(16)24-19/h6-12H,5H2,1-4H3,(H,21,22,23). The van der Waals surface area contributed by atoms with Crippen LogP contribution in [0.5, 0.6) is 0 Å². The van der Waals surface area contributed by atoms with E-state index in [1.807, 2.05) is 30.3 Å². The summed E-state index contributed by atoms with van der Waals surface area (Å²) < 4.78 is 1.10. The van der Waals surface area contributed by atoms with E-state index in [0.29, 0.717) is 10.7 Å². The topological polar surface area (TPSA) is 42.0 Å². The Morgan fingerprint density at radius 2 is 1.83 bits per heavy atom. The van der Waals surface area contributed by atoms with Crippen LogP contribution in [0.2, 0.25) is 0 Å². The van der Waals surface area contributed by atoms with Gasteiger partial charge in [-0.2, -0.15) is 0 Å². The van der Waals surface area contributed by atoms with Gasteiger partial charge in [-0.3, -0.25) is 10.1 Å². The molecule has 0 saturated carbocycles. The maximum Gasteiger partial charge on any atom is 0.257 e. The Hall–Kier alpha value is -2.20. The lowest BCUT2D eigenvalue weighted by molar-refractivity contribution is 0.102. The van der Waals surface area contributed by atoms with Crippen LogP contribution < -0.4 is 5.32 Å². The Balaban J connectivity index is 1.83. The molecular weight excluding hydrogens is 316 g/mol. The number of aromatic nitrogens is 1. The first kappa shape index (κ1) is 16.7. The Kier molecular flexibility index (Phi) is 4.41. The molecule has 0 aliphatic heterocycles. The van der Waals surface area contributed by atoms with Gasteiger partial charge >= 0.3 is 0 Å². The zero-order chi connectivity index (χ0) is 17.3. The van der Waals surface area contributed by atoms with Crippen molar-refractivity contribution >= 4 is 32.6 Å². The largest absolute Gasteiger partial charge is 0.298 e. The molecule has 124 valence electrons. The van der Waals surface area contributed by atoms with Gasteiger partial charge < -0.3 is 0 Å². The predicted molar refractivity (Wildman–Crippen MR) is 102 cm³/mol. The highest BCUT2D eigenvalue weighted by molar-refractivity contribution is 7.22. The van der Waals surface area contributed by atoms with Crippen molar-refractivity contribution in [3.8, 4) is 0 Å². The van der Waals surface area contributed by atoms with E-state index < -0.39 is 0 Å². The summed E-state index contributed by atoms with van der Waals surface area (Å²) in [6, 6.07) is 14.0. The molecule has 1 amide bonds. The molecule has 0 fully saturated rings. The number of nitrogens with one attached hydrogen (secondary N) is 1. The predicted octanol–water partition coefficient (Wildman–Crippen LogP) is 5.41. The number of hydrogen-bond acceptors (Lipinski definition) is 3. The van der Waals surface area contributed by atoms with Gasteiger partial charge in [0.05, 0.1) is 10.2 Å². The third-order valence-electron chi connectivity index (χ3n) is 4.10. The Labute approximate surface area is 146 Å². The second-order valence-corrected chi connectivity index (χ2v) is 7.99. The van der Waals surface area contributed by atoms with Crippen LogP contribution in [-0.4, -0.2) is 10.9 Å². The van der Waals surface area contributed by atoms with Crippen molar-refractivity contribution < 1.29 is 4.79 Å². The average Bonchev–Trinajstić information content (AvgIpc) is 2.95. The van der Waals surface area contributed by atoms with Crippen molar-refractivity contribution in [1.29, 1.82) is 0 Å². The summed E-state index contributed by atoms with van der Waals surface area (Å²) in [5, 5.41) is 3.55. The van der Waals surface area contributed by atoms with Crippen LogP contribution >= 0.6 is 11.3 Å². The number of benzene rings is 2. The smallest absolute Gasteiger partial charge is 0.257 e. The van der Waals surface area contributed by atoms with Gasteiger partial charge in [0.25, 0.3) is 5.91 Å². The van der Waals surface area contributed by atoms with Gasteiger partial charge in [0.1, 0.15) is 0 Å². The monoisotopic (exact) mass is 338 g/mol. The molecule has 24 heavy (non-hydrogen) atoms. The van der Waals surface area contributed by atoms with Crippen LogP contribution in [0, 0.1) is 0 Å². The van der Waals surface area contributed by atoms with Gasteiger partial charge in [0.15, 0.2) is 5.13 Å². The molecule has 1 heterocycles. The van der Waals surface area contributed by atoms with Crippen LogP contribution in [0.1, 0.15) is 49.2 Å². The molecule has 3 aromatic rings. The van der Waals surface area contributed by atoms with Gasteiger partial charge in [-0.1, -0.05) is 57.2 Å². The van der Waals surface area contributed by atoms with Gasteiger partial charge in [0, 0.05) is 5.56 Å². The van der Waals surface area contributed by atoms with Crippen LogP contribution in [0.25, 0.3) is 10.2 Å². The Bertz CT molecular complexity index is 873. The SMILES string of the molecule is CCc1ccc(C(=O)Nc2nc3ccc(C(C)(C)C)cc3s2)cc1. The molecule has 0 aliphatic carbocycles. The summed E-state index contributed by atoms with van der Waals surface area (Å²) in [6.45, 7) is 8.68. The number of fused-ring (bicyclic) bond motifs is 1. The highest BCUT2D eigenvalue weighted by Gasteiger charge is 2.16. The summed E-state index contributed by atoms with van der Waals surface area (Å²) in [5.74, 6) is -0.118. The number of anilines is 1. The van der Waals surface area contributed by atoms with Crippen molar-refractivity contribution in [3.63, 3.8) is 0 Å². The van der Waals surface area contributed by atoms with Crippen LogP contribution in [0.15, 0.2) is 42.5 Å². The molecule has 1 aromatic heterocycles. The third kappa shape index (κ3) is 3.49. The number of carbonyl (C=O) groups excluding carboxylic acids is 1. The van der Waals surface area contributed by atoms with Crippen molar-refractivity contribution in [2.75, 3.05) is 5.32 Å². The first-order valence-electron chi connectivity index (χ1n) is 8.18. The minimum atomic E-state index is -0.118. The maximum absolute atomic E-state index is 12.4. The molecule has 2 aromatic carbocycles. The normalized spacial score (nSPS) is 11.7. The molecule has 3 rings (SSSR count). The highest BCUT2D eigenvalue weighted by Crippen LogP contribution is 2.31. The summed E-state index contributed by atoms with van der Waals surface area (Å²) in [7, 11) is 0.